The molecular formula is C28H31NO5. The van der Waals surface area contributed by atoms with Crippen LogP contribution in [0.15, 0.2) is 46.9 Å². The lowest BCUT2D eigenvalue weighted by molar-refractivity contribution is 0.00215. The summed E-state index contributed by atoms with van der Waals surface area (Å²) < 4.78 is 17.0. The molecule has 0 aliphatic heterocycles. The third-order valence-corrected chi connectivity index (χ3v) is 6.57. The van der Waals surface area contributed by atoms with Gasteiger partial charge in [0, 0.05) is 17.0 Å². The molecule has 0 radical (unpaired) electrons. The van der Waals surface area contributed by atoms with Crippen LogP contribution in [0.5, 0.6) is 0 Å². The van der Waals surface area contributed by atoms with Crippen molar-refractivity contribution < 1.29 is 23.5 Å². The molecule has 1 aliphatic carbocycles. The Morgan fingerprint density at radius 2 is 1.82 bits per heavy atom. The molecule has 0 N–H and O–H groups in total. The summed E-state index contributed by atoms with van der Waals surface area (Å²) in [4.78, 5) is 30.3. The maximum Gasteiger partial charge on any atom is 0.338 e. The van der Waals surface area contributed by atoms with Crippen LogP contribution in [-0.2, 0) is 16.1 Å². The largest absolute Gasteiger partial charge is 0.465 e. The van der Waals surface area contributed by atoms with Crippen molar-refractivity contribution in [3.63, 3.8) is 0 Å². The Kier molecular flexibility index (Phi) is 7.27. The number of nitrogens with zero attached hydrogens (tertiary/aromatic N) is 1. The summed E-state index contributed by atoms with van der Waals surface area (Å²) in [5, 5.41) is 0. The summed E-state index contributed by atoms with van der Waals surface area (Å²) in [5.41, 5.74) is 4.43. The predicted molar refractivity (Wildman–Crippen MR) is 129 cm³/mol. The zero-order valence-electron chi connectivity index (χ0n) is 20.2. The number of benzene rings is 2. The smallest absolute Gasteiger partial charge is 0.338 e. The van der Waals surface area contributed by atoms with E-state index >= 15 is 0 Å². The topological polar surface area (TPSA) is 78.6 Å². The number of ether oxygens (including phenoxy) is 2. The monoisotopic (exact) mass is 461 g/mol. The number of carbonyl (C=O) groups excluding carboxylic acids is 2. The molecule has 2 atom stereocenters. The van der Waals surface area contributed by atoms with E-state index in [1.54, 1.807) is 6.07 Å². The summed E-state index contributed by atoms with van der Waals surface area (Å²) in [6.45, 7) is 6.09. The third kappa shape index (κ3) is 5.12. The molecule has 1 heterocycles. The van der Waals surface area contributed by atoms with Gasteiger partial charge in [0.15, 0.2) is 5.78 Å². The average Bonchev–Trinajstić information content (AvgIpc) is 3.22. The highest BCUT2D eigenvalue weighted by molar-refractivity contribution is 6.08. The number of rotatable bonds is 7. The first-order valence-corrected chi connectivity index (χ1v) is 11.7. The summed E-state index contributed by atoms with van der Waals surface area (Å²) >= 11 is 0. The van der Waals surface area contributed by atoms with Crippen molar-refractivity contribution in [2.75, 3.05) is 7.11 Å². The van der Waals surface area contributed by atoms with Crippen molar-refractivity contribution in [2.45, 2.75) is 59.2 Å². The lowest BCUT2D eigenvalue weighted by Crippen LogP contribution is -2.29. The first kappa shape index (κ1) is 23.9. The van der Waals surface area contributed by atoms with Crippen LogP contribution in [0.3, 0.4) is 0 Å². The second-order valence-electron chi connectivity index (χ2n) is 9.04. The number of oxazole rings is 1. The highest BCUT2D eigenvalue weighted by atomic mass is 16.5. The molecule has 1 saturated carbocycles. The molecule has 1 fully saturated rings. The maximum atomic E-state index is 13.4. The molecule has 1 aromatic heterocycles. The van der Waals surface area contributed by atoms with Crippen molar-refractivity contribution in [3.8, 4) is 11.5 Å². The van der Waals surface area contributed by atoms with E-state index in [2.05, 4.69) is 4.98 Å². The van der Waals surface area contributed by atoms with Crippen LogP contribution in [0.25, 0.3) is 11.5 Å². The van der Waals surface area contributed by atoms with Crippen molar-refractivity contribution in [1.29, 1.82) is 0 Å². The van der Waals surface area contributed by atoms with Gasteiger partial charge in [0.25, 0.3) is 0 Å². The second kappa shape index (κ2) is 10.3. The molecule has 178 valence electrons. The van der Waals surface area contributed by atoms with E-state index in [0.717, 1.165) is 41.8 Å². The van der Waals surface area contributed by atoms with Gasteiger partial charge < -0.3 is 13.9 Å². The molecule has 0 unspecified atom stereocenters. The van der Waals surface area contributed by atoms with Gasteiger partial charge in [-0.15, -0.1) is 0 Å². The van der Waals surface area contributed by atoms with Crippen LogP contribution in [0.2, 0.25) is 0 Å². The van der Waals surface area contributed by atoms with Gasteiger partial charge in [-0.25, -0.2) is 9.78 Å². The summed E-state index contributed by atoms with van der Waals surface area (Å²) in [6, 6.07) is 13.4. The first-order valence-electron chi connectivity index (χ1n) is 11.7. The lowest BCUT2D eigenvalue weighted by atomic mass is 9.81. The van der Waals surface area contributed by atoms with Gasteiger partial charge in [-0.1, -0.05) is 42.3 Å². The fourth-order valence-corrected chi connectivity index (χ4v) is 4.58. The van der Waals surface area contributed by atoms with E-state index in [4.69, 9.17) is 13.9 Å². The van der Waals surface area contributed by atoms with Crippen LogP contribution < -0.4 is 0 Å². The van der Waals surface area contributed by atoms with Crippen molar-refractivity contribution in [3.05, 3.63) is 76.2 Å². The molecule has 2 aromatic carbocycles. The average molecular weight is 462 g/mol. The van der Waals surface area contributed by atoms with E-state index in [1.807, 2.05) is 57.2 Å². The number of aryl methyl sites for hydroxylation is 3. The molecule has 1 aliphatic rings. The Morgan fingerprint density at radius 1 is 1.06 bits per heavy atom. The normalized spacial score (nSPS) is 18.0. The Balaban J connectivity index is 1.43. The van der Waals surface area contributed by atoms with Gasteiger partial charge in [0.05, 0.1) is 25.4 Å². The molecule has 6 heteroatoms. The molecular weight excluding hydrogens is 430 g/mol. The molecule has 6 nitrogen and oxygen atoms in total. The number of carbonyl (C=O) groups is 2. The van der Waals surface area contributed by atoms with Gasteiger partial charge in [-0.05, 0) is 57.7 Å². The molecule has 0 saturated heterocycles. The quantitative estimate of drug-likeness (QED) is 0.317. The van der Waals surface area contributed by atoms with E-state index in [9.17, 15) is 9.59 Å². The predicted octanol–water partition coefficient (Wildman–Crippen LogP) is 6.01. The fraction of sp³-hybridized carbons (Fsp3) is 0.393. The summed E-state index contributed by atoms with van der Waals surface area (Å²) in [5.74, 6) is 0.641. The molecule has 0 amide bonds. The molecule has 4 rings (SSSR count). The van der Waals surface area contributed by atoms with Gasteiger partial charge in [0.1, 0.15) is 11.5 Å². The highest BCUT2D eigenvalue weighted by Crippen LogP contribution is 2.32. The Bertz CT molecular complexity index is 1180. The van der Waals surface area contributed by atoms with E-state index in [-0.39, 0.29) is 17.8 Å². The minimum Gasteiger partial charge on any atom is -0.465 e. The van der Waals surface area contributed by atoms with E-state index in [0.29, 0.717) is 30.0 Å². The summed E-state index contributed by atoms with van der Waals surface area (Å²) in [6.07, 6.45) is 3.15. The minimum absolute atomic E-state index is 0.0170. The van der Waals surface area contributed by atoms with Crippen LogP contribution >= 0.6 is 0 Å². The van der Waals surface area contributed by atoms with Gasteiger partial charge in [-0.3, -0.25) is 4.79 Å². The fourth-order valence-electron chi connectivity index (χ4n) is 4.58. The second-order valence-corrected chi connectivity index (χ2v) is 9.04. The minimum atomic E-state index is -0.476. The van der Waals surface area contributed by atoms with Crippen LogP contribution in [0.4, 0.5) is 0 Å². The number of aromatic nitrogens is 1. The number of methoxy groups -OCH3 is 1. The van der Waals surface area contributed by atoms with E-state index < -0.39 is 5.97 Å². The third-order valence-electron chi connectivity index (χ3n) is 6.57. The Morgan fingerprint density at radius 3 is 2.56 bits per heavy atom. The molecule has 0 spiro atoms. The van der Waals surface area contributed by atoms with Crippen LogP contribution in [0.1, 0.15) is 69.0 Å². The van der Waals surface area contributed by atoms with Crippen LogP contribution in [-0.4, -0.2) is 30.0 Å². The number of esters is 1. The number of Topliss-reactive ketones (excluding diaryl/α,β-unsaturated/α-hetero) is 1. The Hall–Kier alpha value is -3.25. The number of hydrogen-bond donors (Lipinski definition) is 0. The highest BCUT2D eigenvalue weighted by Gasteiger charge is 2.31. The van der Waals surface area contributed by atoms with Gasteiger partial charge >= 0.3 is 5.97 Å². The zero-order valence-corrected chi connectivity index (χ0v) is 20.2. The number of hydrogen-bond acceptors (Lipinski definition) is 6. The van der Waals surface area contributed by atoms with Crippen molar-refractivity contribution in [2.24, 2.45) is 5.92 Å². The zero-order chi connectivity index (χ0) is 24.2. The van der Waals surface area contributed by atoms with E-state index in [1.165, 1.54) is 12.7 Å². The van der Waals surface area contributed by atoms with Crippen LogP contribution in [0, 0.1) is 26.7 Å². The lowest BCUT2D eigenvalue weighted by Gasteiger charge is -2.28. The molecule has 0 bridgehead atoms. The van der Waals surface area contributed by atoms with Crippen molar-refractivity contribution in [1.82, 2.24) is 4.98 Å². The summed E-state index contributed by atoms with van der Waals surface area (Å²) in [7, 11) is 1.34. The Labute approximate surface area is 200 Å². The number of ketones is 1. The van der Waals surface area contributed by atoms with Gasteiger partial charge in [0.2, 0.25) is 5.89 Å². The van der Waals surface area contributed by atoms with Gasteiger partial charge in [-0.2, -0.15) is 0 Å². The maximum absolute atomic E-state index is 13.4. The standard InChI is InChI=1S/C28H31NO5/c1-17-11-13-20(14-12-17)27-29-24(19(3)34-27)16-33-22-9-6-8-21(15-22)26(30)23-10-5-7-18(2)25(23)28(31)32-4/h5,7,10-14,21-22H,6,8-9,15-16H2,1-4H3/t21-,22+/m1/s1. The first-order chi connectivity index (χ1) is 16.4. The SMILES string of the molecule is COC(=O)c1c(C)cccc1C(=O)[C@@H]1CCC[C@H](OCc2nc(-c3ccc(C)cc3)oc2C)C1. The molecule has 34 heavy (non-hydrogen) atoms. The van der Waals surface area contributed by atoms with Crippen molar-refractivity contribution >= 4 is 11.8 Å². The molecule has 3 aromatic rings.